The molecule has 0 bridgehead atoms. The van der Waals surface area contributed by atoms with Crippen molar-refractivity contribution in [2.45, 2.75) is 77.2 Å². The van der Waals surface area contributed by atoms with Crippen LogP contribution in [0.3, 0.4) is 0 Å². The number of carboxylic acids is 1. The topological polar surface area (TPSA) is 93.1 Å². The smallest absolute Gasteiger partial charge is 0.472 e. The fourth-order valence-corrected chi connectivity index (χ4v) is 4.58. The molecule has 8 heteroatoms. The van der Waals surface area contributed by atoms with Crippen LogP contribution in [0.15, 0.2) is 24.3 Å². The van der Waals surface area contributed by atoms with Gasteiger partial charge in [0.25, 0.3) is 0 Å². The minimum atomic E-state index is -4.29. The molecule has 0 fully saturated rings. The van der Waals surface area contributed by atoms with Crippen LogP contribution >= 0.6 is 7.82 Å². The van der Waals surface area contributed by atoms with E-state index in [0.29, 0.717) is 10.9 Å². The van der Waals surface area contributed by atoms with E-state index in [9.17, 15) is 14.3 Å². The van der Waals surface area contributed by atoms with Gasteiger partial charge in [-0.25, -0.2) is 4.57 Å². The zero-order chi connectivity index (χ0) is 24.0. The van der Waals surface area contributed by atoms with Crippen LogP contribution in [0.4, 0.5) is 0 Å². The van der Waals surface area contributed by atoms with Crippen LogP contribution in [0.25, 0.3) is 0 Å². The maximum Gasteiger partial charge on any atom is 0.472 e. The number of aliphatic carboxylic acids is 1. The average Bonchev–Trinajstić information content (AvgIpc) is 2.66. The summed E-state index contributed by atoms with van der Waals surface area (Å²) in [6, 6.07) is 8.75. The molecule has 0 aliphatic carbocycles. The molecule has 0 aromatic heterocycles. The molecule has 2 atom stereocenters. The van der Waals surface area contributed by atoms with Crippen molar-refractivity contribution in [2.24, 2.45) is 0 Å². The van der Waals surface area contributed by atoms with Crippen molar-refractivity contribution in [1.82, 2.24) is 0 Å². The molecule has 32 heavy (non-hydrogen) atoms. The average molecular weight is 473 g/mol. The minimum absolute atomic E-state index is 0.107. The molecule has 2 N–H and O–H groups in total. The van der Waals surface area contributed by atoms with Gasteiger partial charge in [0.2, 0.25) is 0 Å². The van der Waals surface area contributed by atoms with Gasteiger partial charge < -0.3 is 14.5 Å². The predicted octanol–water partition coefficient (Wildman–Crippen LogP) is 5.21. The lowest BCUT2D eigenvalue weighted by Crippen LogP contribution is -2.42. The second-order valence-corrected chi connectivity index (χ2v) is 10.9. The van der Waals surface area contributed by atoms with Crippen molar-refractivity contribution in [1.29, 1.82) is 0 Å². The summed E-state index contributed by atoms with van der Waals surface area (Å²) in [4.78, 5) is 21.0. The second kappa shape index (κ2) is 14.8. The number of aryl methyl sites for hydroxylation is 2. The number of nitrogens with zero attached hydrogens (tertiary/aromatic N) is 1. The van der Waals surface area contributed by atoms with Crippen LogP contribution in [0.5, 0.6) is 0 Å². The van der Waals surface area contributed by atoms with Gasteiger partial charge in [0.1, 0.15) is 12.6 Å². The van der Waals surface area contributed by atoms with Gasteiger partial charge in [-0.05, 0) is 43.2 Å². The lowest BCUT2D eigenvalue weighted by atomic mass is 10.0. The highest BCUT2D eigenvalue weighted by atomic mass is 31.2. The Hall–Kier alpha value is -1.24. The van der Waals surface area contributed by atoms with E-state index in [4.69, 9.17) is 14.2 Å². The molecular weight excluding hydrogens is 429 g/mol. The number of quaternary nitrogens is 1. The number of rotatable bonds is 18. The highest BCUT2D eigenvalue weighted by molar-refractivity contribution is 7.47. The zero-order valence-corrected chi connectivity index (χ0v) is 21.2. The molecule has 7 nitrogen and oxygen atoms in total. The summed E-state index contributed by atoms with van der Waals surface area (Å²) in [5, 5.41) is 9.03. The van der Waals surface area contributed by atoms with Crippen LogP contribution in [0.2, 0.25) is 0 Å². The lowest BCUT2D eigenvalue weighted by Gasteiger charge is -2.29. The van der Waals surface area contributed by atoms with E-state index in [-0.39, 0.29) is 19.6 Å². The molecule has 0 aliphatic heterocycles. The third-order valence-corrected chi connectivity index (χ3v) is 6.18. The third kappa shape index (κ3) is 14.8. The first-order chi connectivity index (χ1) is 15.0. The van der Waals surface area contributed by atoms with Gasteiger partial charge in [-0.1, -0.05) is 56.9 Å². The van der Waals surface area contributed by atoms with Crippen molar-refractivity contribution < 1.29 is 32.9 Å². The molecule has 0 saturated carbocycles. The van der Waals surface area contributed by atoms with E-state index in [0.717, 1.165) is 25.7 Å². The van der Waals surface area contributed by atoms with Crippen LogP contribution in [0.1, 0.15) is 69.4 Å². The fourth-order valence-electron chi connectivity index (χ4n) is 3.64. The molecule has 1 aromatic rings. The number of hydrogen-bond donors (Lipinski definition) is 2. The number of hydrogen-bond acceptors (Lipinski definition) is 4. The third-order valence-electron chi connectivity index (χ3n) is 5.11. The molecule has 0 spiro atoms. The molecule has 1 unspecified atom stereocenters. The maximum atomic E-state index is 12.2. The molecule has 0 heterocycles. The van der Waals surface area contributed by atoms with Gasteiger partial charge in [-0.2, -0.15) is 0 Å². The Morgan fingerprint density at radius 1 is 1.03 bits per heavy atom. The molecule has 0 aliphatic rings. The van der Waals surface area contributed by atoms with Gasteiger partial charge in [-0.15, -0.1) is 0 Å². The number of carboxylic acid groups (broad SMARTS) is 1. The number of likely N-dealkylation sites (N-methyl/N-ethyl adjacent to an activating group) is 1. The zero-order valence-electron chi connectivity index (χ0n) is 20.3. The van der Waals surface area contributed by atoms with Crippen molar-refractivity contribution >= 4 is 13.8 Å². The highest BCUT2D eigenvalue weighted by Crippen LogP contribution is 2.45. The summed E-state index contributed by atoms with van der Waals surface area (Å²) in [7, 11) is 1.30. The SMILES string of the molecule is CCCCCCc1cccc(CCCCCOP(=O)(O)O[C@H](CC(=O)O)C[N+](C)(C)C)c1. The monoisotopic (exact) mass is 472 g/mol. The number of benzene rings is 1. The summed E-state index contributed by atoms with van der Waals surface area (Å²) in [5.74, 6) is -1.08. The first-order valence-corrected chi connectivity index (χ1v) is 13.3. The largest absolute Gasteiger partial charge is 0.481 e. The van der Waals surface area contributed by atoms with E-state index in [2.05, 4.69) is 31.2 Å². The number of phosphoric acid groups is 1. The van der Waals surface area contributed by atoms with Crippen molar-refractivity contribution in [3.8, 4) is 0 Å². The van der Waals surface area contributed by atoms with Crippen molar-refractivity contribution in [3.63, 3.8) is 0 Å². The number of phosphoric ester groups is 1. The molecular formula is C24H43NO6P+. The molecule has 184 valence electrons. The van der Waals surface area contributed by atoms with Crippen molar-refractivity contribution in [2.75, 3.05) is 34.3 Å². The normalized spacial score (nSPS) is 14.8. The Morgan fingerprint density at radius 2 is 1.62 bits per heavy atom. The maximum absolute atomic E-state index is 12.2. The molecule has 1 rings (SSSR count). The van der Waals surface area contributed by atoms with Crippen LogP contribution in [0, 0.1) is 0 Å². The number of unbranched alkanes of at least 4 members (excludes halogenated alkanes) is 5. The van der Waals surface area contributed by atoms with E-state index in [1.54, 1.807) is 0 Å². The Morgan fingerprint density at radius 3 is 2.16 bits per heavy atom. The van der Waals surface area contributed by atoms with Crippen LogP contribution in [-0.2, 0) is 31.2 Å². The summed E-state index contributed by atoms with van der Waals surface area (Å²) in [6.45, 7) is 2.62. The summed E-state index contributed by atoms with van der Waals surface area (Å²) in [5.41, 5.74) is 2.72. The minimum Gasteiger partial charge on any atom is -0.481 e. The van der Waals surface area contributed by atoms with Crippen LogP contribution < -0.4 is 0 Å². The van der Waals surface area contributed by atoms with Gasteiger partial charge in [0, 0.05) is 0 Å². The van der Waals surface area contributed by atoms with Crippen molar-refractivity contribution in [3.05, 3.63) is 35.4 Å². The second-order valence-electron chi connectivity index (χ2n) is 9.54. The first kappa shape index (κ1) is 28.8. The standard InChI is InChI=1S/C24H42NO6P/c1-5-6-7-9-13-21-15-12-16-22(18-21)14-10-8-11-17-30-32(28,29)31-23(19-24(26)27)20-25(2,3)4/h12,15-16,18,23H,5-11,13-14,17,19-20H2,1-4H3,(H-,26,27,28,29)/p+1/t23-/m1/s1. The van der Waals surface area contributed by atoms with E-state index in [1.807, 2.05) is 21.1 Å². The van der Waals surface area contributed by atoms with Crippen LogP contribution in [-0.4, -0.2) is 60.9 Å². The lowest BCUT2D eigenvalue weighted by molar-refractivity contribution is -0.873. The Balaban J connectivity index is 2.32. The quantitative estimate of drug-likeness (QED) is 0.173. The molecule has 1 aromatic carbocycles. The Bertz CT molecular complexity index is 719. The van der Waals surface area contributed by atoms with E-state index >= 15 is 0 Å². The van der Waals surface area contributed by atoms with Gasteiger partial charge >= 0.3 is 13.8 Å². The summed E-state index contributed by atoms with van der Waals surface area (Å²) >= 11 is 0. The summed E-state index contributed by atoms with van der Waals surface area (Å²) < 4.78 is 22.9. The Kier molecular flexibility index (Phi) is 13.3. The van der Waals surface area contributed by atoms with E-state index in [1.165, 1.54) is 36.8 Å². The predicted molar refractivity (Wildman–Crippen MR) is 128 cm³/mol. The summed E-state index contributed by atoms with van der Waals surface area (Å²) in [6.07, 6.45) is 8.42. The van der Waals surface area contributed by atoms with E-state index < -0.39 is 19.9 Å². The highest BCUT2D eigenvalue weighted by Gasteiger charge is 2.31. The van der Waals surface area contributed by atoms with Gasteiger partial charge in [0.05, 0.1) is 34.2 Å². The van der Waals surface area contributed by atoms with Gasteiger partial charge in [-0.3, -0.25) is 13.8 Å². The Labute approximate surface area is 193 Å². The van der Waals surface area contributed by atoms with Gasteiger partial charge in [0.15, 0.2) is 0 Å². The number of carbonyl (C=O) groups is 1. The molecule has 0 saturated heterocycles. The fraction of sp³-hybridized carbons (Fsp3) is 0.708. The first-order valence-electron chi connectivity index (χ1n) is 11.8. The molecule has 0 radical (unpaired) electrons. The molecule has 0 amide bonds.